The Kier molecular flexibility index (Phi) is 7.60. The summed E-state index contributed by atoms with van der Waals surface area (Å²) in [5.74, 6) is -2.01. The number of aliphatic carboxylic acids is 1. The Bertz CT molecular complexity index is 1050. The van der Waals surface area contributed by atoms with E-state index in [0.717, 1.165) is 22.3 Å². The Morgan fingerprint density at radius 2 is 1.66 bits per heavy atom. The van der Waals surface area contributed by atoms with Gasteiger partial charge in [0.2, 0.25) is 5.91 Å². The number of rotatable bonds is 9. The summed E-state index contributed by atoms with van der Waals surface area (Å²) in [6.07, 6.45) is -5.35. The third kappa shape index (κ3) is 5.76. The highest BCUT2D eigenvalue weighted by Gasteiger charge is 2.32. The smallest absolute Gasteiger partial charge is 0.407 e. The van der Waals surface area contributed by atoms with E-state index in [1.165, 1.54) is 0 Å². The van der Waals surface area contributed by atoms with Crippen LogP contribution in [-0.2, 0) is 19.1 Å². The zero-order chi connectivity index (χ0) is 24.9. The maximum atomic E-state index is 13.5. The van der Waals surface area contributed by atoms with E-state index in [0.29, 0.717) is 12.8 Å². The molecule has 35 heavy (non-hydrogen) atoms. The van der Waals surface area contributed by atoms with Gasteiger partial charge in [-0.3, -0.25) is 4.79 Å². The number of alkyl carbamates (subject to hydrolysis) is 1. The second kappa shape index (κ2) is 10.8. The minimum atomic E-state index is -2.99. The molecule has 1 fully saturated rings. The molecule has 10 heteroatoms. The summed E-state index contributed by atoms with van der Waals surface area (Å²) in [5.41, 5.74) is 4.07. The molecule has 1 saturated heterocycles. The molecule has 3 atom stereocenters. The minimum Gasteiger partial charge on any atom is -0.479 e. The van der Waals surface area contributed by atoms with Gasteiger partial charge < -0.3 is 25.2 Å². The van der Waals surface area contributed by atoms with Gasteiger partial charge in [-0.1, -0.05) is 48.5 Å². The van der Waals surface area contributed by atoms with E-state index in [4.69, 9.17) is 14.6 Å². The van der Waals surface area contributed by atoms with Crippen molar-refractivity contribution < 1.29 is 37.7 Å². The molecule has 0 radical (unpaired) electrons. The summed E-state index contributed by atoms with van der Waals surface area (Å²) in [7, 11) is 0. The average molecular weight is 488 g/mol. The van der Waals surface area contributed by atoms with Gasteiger partial charge in [0.15, 0.2) is 6.10 Å². The maximum Gasteiger partial charge on any atom is 0.407 e. The molecule has 1 heterocycles. The number of carboxylic acids is 1. The van der Waals surface area contributed by atoms with Crippen LogP contribution in [0.3, 0.4) is 0 Å². The van der Waals surface area contributed by atoms with Gasteiger partial charge in [-0.05, 0) is 35.1 Å². The fourth-order valence-electron chi connectivity index (χ4n) is 4.53. The summed E-state index contributed by atoms with van der Waals surface area (Å²) in [6, 6.07) is 13.8. The monoisotopic (exact) mass is 488 g/mol. The van der Waals surface area contributed by atoms with E-state index in [1.807, 2.05) is 48.5 Å². The molecule has 2 aliphatic rings. The lowest BCUT2D eigenvalue weighted by atomic mass is 9.98. The number of hydrogen-bond acceptors (Lipinski definition) is 5. The molecular formula is C25H26F2N2O6. The molecule has 0 bridgehead atoms. The molecule has 0 saturated carbocycles. The number of nitrogens with one attached hydrogen (secondary N) is 2. The second-order valence-corrected chi connectivity index (χ2v) is 8.58. The van der Waals surface area contributed by atoms with Crippen molar-refractivity contribution in [2.45, 2.75) is 49.9 Å². The van der Waals surface area contributed by atoms with Crippen LogP contribution in [0.15, 0.2) is 48.5 Å². The number of carbonyl (C=O) groups is 3. The normalized spacial score (nSPS) is 19.6. The van der Waals surface area contributed by atoms with Crippen LogP contribution >= 0.6 is 0 Å². The molecule has 2 aromatic carbocycles. The van der Waals surface area contributed by atoms with Crippen molar-refractivity contribution in [3.05, 3.63) is 59.7 Å². The number of halogens is 2. The minimum absolute atomic E-state index is 0.00349. The fourth-order valence-corrected chi connectivity index (χ4v) is 4.53. The average Bonchev–Trinajstić information content (AvgIpc) is 3.44. The van der Waals surface area contributed by atoms with Crippen LogP contribution < -0.4 is 10.6 Å². The standard InChI is InChI=1S/C25H26F2N2O6/c26-23(27)20(11-22(30)28-12-14-9-10-21(35-14)24(31)32)29-25(33)34-13-19-17-7-3-1-5-15(17)16-6-2-4-8-18(16)19/h1-8,14,19-21,23H,9-13H2,(H,28,30)(H,29,33)(H,31,32). The van der Waals surface area contributed by atoms with Crippen LogP contribution in [0, 0.1) is 0 Å². The molecule has 186 valence electrons. The van der Waals surface area contributed by atoms with E-state index < -0.39 is 49.1 Å². The molecule has 1 aliphatic heterocycles. The summed E-state index contributed by atoms with van der Waals surface area (Å²) < 4.78 is 37.5. The Morgan fingerprint density at radius 1 is 1.03 bits per heavy atom. The summed E-state index contributed by atoms with van der Waals surface area (Å²) >= 11 is 0. The first-order valence-corrected chi connectivity index (χ1v) is 11.4. The second-order valence-electron chi connectivity index (χ2n) is 8.58. The van der Waals surface area contributed by atoms with Crippen LogP contribution in [0.1, 0.15) is 36.3 Å². The number of ether oxygens (including phenoxy) is 2. The third-order valence-corrected chi connectivity index (χ3v) is 6.27. The molecule has 1 aliphatic carbocycles. The zero-order valence-corrected chi connectivity index (χ0v) is 18.8. The third-order valence-electron chi connectivity index (χ3n) is 6.27. The van der Waals surface area contributed by atoms with Crippen molar-refractivity contribution in [3.63, 3.8) is 0 Å². The number of benzene rings is 2. The lowest BCUT2D eigenvalue weighted by molar-refractivity contribution is -0.149. The summed E-state index contributed by atoms with van der Waals surface area (Å²) in [4.78, 5) is 35.4. The summed E-state index contributed by atoms with van der Waals surface area (Å²) in [5, 5.41) is 13.5. The Labute approximate surface area is 200 Å². The number of amides is 2. The molecule has 2 aromatic rings. The number of carboxylic acid groups (broad SMARTS) is 1. The van der Waals surface area contributed by atoms with Crippen molar-refractivity contribution in [1.82, 2.24) is 10.6 Å². The van der Waals surface area contributed by atoms with E-state index >= 15 is 0 Å². The Balaban J connectivity index is 1.28. The Hall–Kier alpha value is -3.53. The molecular weight excluding hydrogens is 462 g/mol. The molecule has 0 spiro atoms. The molecule has 2 amide bonds. The van der Waals surface area contributed by atoms with Crippen molar-refractivity contribution >= 4 is 18.0 Å². The van der Waals surface area contributed by atoms with Gasteiger partial charge in [0.1, 0.15) is 12.6 Å². The lowest BCUT2D eigenvalue weighted by Gasteiger charge is -2.20. The van der Waals surface area contributed by atoms with Crippen molar-refractivity contribution in [2.75, 3.05) is 13.2 Å². The highest BCUT2D eigenvalue weighted by Crippen LogP contribution is 2.44. The van der Waals surface area contributed by atoms with Crippen LogP contribution in [-0.4, -0.2) is 60.9 Å². The predicted molar refractivity (Wildman–Crippen MR) is 121 cm³/mol. The van der Waals surface area contributed by atoms with E-state index in [-0.39, 0.29) is 19.1 Å². The SMILES string of the molecule is O=C(CC(NC(=O)OCC1c2ccccc2-c2ccccc21)C(F)F)NCC1CCC(C(=O)O)O1. The number of fused-ring (bicyclic) bond motifs is 3. The first-order valence-electron chi connectivity index (χ1n) is 11.4. The molecule has 4 rings (SSSR count). The van der Waals surface area contributed by atoms with Gasteiger partial charge in [-0.25, -0.2) is 18.4 Å². The first kappa shape index (κ1) is 24.6. The number of alkyl halides is 2. The summed E-state index contributed by atoms with van der Waals surface area (Å²) in [6.45, 7) is -0.0324. The molecule has 0 aromatic heterocycles. The predicted octanol–water partition coefficient (Wildman–Crippen LogP) is 3.30. The number of hydrogen-bond donors (Lipinski definition) is 3. The molecule has 8 nitrogen and oxygen atoms in total. The van der Waals surface area contributed by atoms with Gasteiger partial charge in [-0.15, -0.1) is 0 Å². The van der Waals surface area contributed by atoms with Gasteiger partial charge >= 0.3 is 12.1 Å². The topological polar surface area (TPSA) is 114 Å². The van der Waals surface area contributed by atoms with Gasteiger partial charge in [-0.2, -0.15) is 0 Å². The zero-order valence-electron chi connectivity index (χ0n) is 18.8. The van der Waals surface area contributed by atoms with Crippen LogP contribution in [0.25, 0.3) is 11.1 Å². The maximum absolute atomic E-state index is 13.5. The van der Waals surface area contributed by atoms with Crippen molar-refractivity contribution in [3.8, 4) is 11.1 Å². The van der Waals surface area contributed by atoms with E-state index in [9.17, 15) is 23.2 Å². The van der Waals surface area contributed by atoms with E-state index in [2.05, 4.69) is 10.6 Å². The first-order chi connectivity index (χ1) is 16.8. The van der Waals surface area contributed by atoms with Gasteiger partial charge in [0.25, 0.3) is 6.43 Å². The highest BCUT2D eigenvalue weighted by atomic mass is 19.3. The molecule has 3 unspecified atom stereocenters. The van der Waals surface area contributed by atoms with Gasteiger partial charge in [0, 0.05) is 12.5 Å². The van der Waals surface area contributed by atoms with Gasteiger partial charge in [0.05, 0.1) is 12.5 Å². The van der Waals surface area contributed by atoms with Crippen molar-refractivity contribution in [1.29, 1.82) is 0 Å². The molecule has 3 N–H and O–H groups in total. The van der Waals surface area contributed by atoms with Crippen molar-refractivity contribution in [2.24, 2.45) is 0 Å². The Morgan fingerprint density at radius 3 is 2.23 bits per heavy atom. The van der Waals surface area contributed by atoms with Crippen LogP contribution in [0.5, 0.6) is 0 Å². The van der Waals surface area contributed by atoms with E-state index in [1.54, 1.807) is 0 Å². The fraction of sp³-hybridized carbons (Fsp3) is 0.400. The largest absolute Gasteiger partial charge is 0.479 e. The lowest BCUT2D eigenvalue weighted by Crippen LogP contribution is -2.45. The van der Waals surface area contributed by atoms with Crippen LogP contribution in [0.4, 0.5) is 13.6 Å². The quantitative estimate of drug-likeness (QED) is 0.499. The number of carbonyl (C=O) groups excluding carboxylic acids is 2. The van der Waals surface area contributed by atoms with Crippen LogP contribution in [0.2, 0.25) is 0 Å². The highest BCUT2D eigenvalue weighted by molar-refractivity contribution is 5.79.